The zero-order valence-electron chi connectivity index (χ0n) is 18.6. The minimum Gasteiger partial charge on any atom is -0.419 e. The average Bonchev–Trinajstić information content (AvgIpc) is 3.31. The van der Waals surface area contributed by atoms with Gasteiger partial charge in [0.15, 0.2) is 0 Å². The maximum absolute atomic E-state index is 13.2. The summed E-state index contributed by atoms with van der Waals surface area (Å²) in [7, 11) is 1.94. The number of para-hydroxylation sites is 1. The van der Waals surface area contributed by atoms with E-state index in [0.717, 1.165) is 11.5 Å². The van der Waals surface area contributed by atoms with Crippen LogP contribution in [0.1, 0.15) is 30.1 Å². The first-order valence-corrected chi connectivity index (χ1v) is 10.9. The fourth-order valence-corrected chi connectivity index (χ4v) is 3.57. The molecule has 0 unspecified atom stereocenters. The Labute approximate surface area is 197 Å². The van der Waals surface area contributed by atoms with Crippen molar-refractivity contribution in [2.24, 2.45) is 0 Å². The average molecular weight is 462 g/mol. The molecule has 0 spiro atoms. The second-order valence-corrected chi connectivity index (χ2v) is 8.21. The number of nitrogens with zero attached hydrogens (tertiary/aromatic N) is 5. The lowest BCUT2D eigenvalue weighted by Crippen LogP contribution is -2.36. The van der Waals surface area contributed by atoms with Crippen LogP contribution < -0.4 is 4.90 Å². The largest absolute Gasteiger partial charge is 0.419 e. The minimum atomic E-state index is -0.163. The Balaban J connectivity index is 1.50. The van der Waals surface area contributed by atoms with E-state index in [4.69, 9.17) is 16.0 Å². The van der Waals surface area contributed by atoms with E-state index >= 15 is 0 Å². The molecule has 0 N–H and O–H groups in total. The number of pyridine rings is 1. The third kappa shape index (κ3) is 5.04. The molecule has 2 aromatic carbocycles. The van der Waals surface area contributed by atoms with Gasteiger partial charge in [-0.25, -0.2) is 4.98 Å². The molecule has 33 heavy (non-hydrogen) atoms. The molecule has 2 heterocycles. The van der Waals surface area contributed by atoms with E-state index in [2.05, 4.69) is 15.2 Å². The van der Waals surface area contributed by atoms with E-state index in [0.29, 0.717) is 27.9 Å². The summed E-state index contributed by atoms with van der Waals surface area (Å²) in [6, 6.07) is 20.7. The van der Waals surface area contributed by atoms with Crippen molar-refractivity contribution in [3.63, 3.8) is 0 Å². The Kier molecular flexibility index (Phi) is 6.70. The molecule has 0 atom stereocenters. The number of carbonyl (C=O) groups is 1. The van der Waals surface area contributed by atoms with Crippen LogP contribution in [0.2, 0.25) is 5.02 Å². The molecule has 4 rings (SSSR count). The first-order chi connectivity index (χ1) is 15.9. The van der Waals surface area contributed by atoms with E-state index in [9.17, 15) is 4.79 Å². The summed E-state index contributed by atoms with van der Waals surface area (Å²) in [5.74, 6) is 1.24. The Bertz CT molecular complexity index is 1230. The van der Waals surface area contributed by atoms with Crippen LogP contribution >= 0.6 is 11.6 Å². The van der Waals surface area contributed by atoms with Crippen molar-refractivity contribution in [1.29, 1.82) is 0 Å². The number of rotatable bonds is 7. The highest BCUT2D eigenvalue weighted by atomic mass is 35.5. The van der Waals surface area contributed by atoms with Crippen LogP contribution in [0.3, 0.4) is 0 Å². The molecular formula is C25H24ClN5O2. The SMILES string of the molecule is CC(C)N(Cc1nnc(-c2ccccc2Cl)o1)C(=O)c1ccc(N(C)c2ccccc2)nc1. The van der Waals surface area contributed by atoms with Gasteiger partial charge in [-0.1, -0.05) is 41.9 Å². The van der Waals surface area contributed by atoms with E-state index in [1.165, 1.54) is 0 Å². The van der Waals surface area contributed by atoms with Crippen molar-refractivity contribution in [3.05, 3.63) is 89.4 Å². The molecule has 0 fully saturated rings. The second kappa shape index (κ2) is 9.83. The van der Waals surface area contributed by atoms with Crippen LogP contribution in [0.25, 0.3) is 11.5 Å². The first-order valence-electron chi connectivity index (χ1n) is 10.6. The molecule has 0 bridgehead atoms. The summed E-state index contributed by atoms with van der Waals surface area (Å²) >= 11 is 6.23. The van der Waals surface area contributed by atoms with Crippen molar-refractivity contribution in [2.75, 3.05) is 11.9 Å². The summed E-state index contributed by atoms with van der Waals surface area (Å²) in [6.07, 6.45) is 1.59. The predicted octanol–water partition coefficient (Wildman–Crippen LogP) is 5.60. The first kappa shape index (κ1) is 22.5. The lowest BCUT2D eigenvalue weighted by Gasteiger charge is -2.25. The van der Waals surface area contributed by atoms with Crippen LogP contribution in [0.4, 0.5) is 11.5 Å². The molecule has 0 aliphatic rings. The smallest absolute Gasteiger partial charge is 0.256 e. The Morgan fingerprint density at radius 1 is 1.00 bits per heavy atom. The molecule has 0 aliphatic heterocycles. The Morgan fingerprint density at radius 3 is 2.39 bits per heavy atom. The highest BCUT2D eigenvalue weighted by Gasteiger charge is 2.23. The summed E-state index contributed by atoms with van der Waals surface area (Å²) in [5.41, 5.74) is 2.15. The zero-order valence-corrected chi connectivity index (χ0v) is 19.4. The molecule has 0 saturated carbocycles. The van der Waals surface area contributed by atoms with Gasteiger partial charge in [0.1, 0.15) is 5.82 Å². The number of aromatic nitrogens is 3. The topological polar surface area (TPSA) is 75.4 Å². The molecule has 8 heteroatoms. The van der Waals surface area contributed by atoms with E-state index in [-0.39, 0.29) is 18.5 Å². The lowest BCUT2D eigenvalue weighted by atomic mass is 10.2. The maximum Gasteiger partial charge on any atom is 0.256 e. The van der Waals surface area contributed by atoms with Gasteiger partial charge in [0, 0.05) is 25.0 Å². The van der Waals surface area contributed by atoms with Crippen molar-refractivity contribution in [3.8, 4) is 11.5 Å². The van der Waals surface area contributed by atoms with Crippen LogP contribution in [0.5, 0.6) is 0 Å². The summed E-state index contributed by atoms with van der Waals surface area (Å²) < 4.78 is 5.79. The standard InChI is InChI=1S/C25H24ClN5O2/c1-17(2)31(16-23-28-29-24(33-23)20-11-7-8-12-21(20)26)25(32)18-13-14-22(27-15-18)30(3)19-9-5-4-6-10-19/h4-15,17H,16H2,1-3H3. The number of benzene rings is 2. The van der Waals surface area contributed by atoms with Crippen molar-refractivity contribution >= 4 is 29.0 Å². The molecule has 0 saturated heterocycles. The van der Waals surface area contributed by atoms with Gasteiger partial charge in [0.05, 0.1) is 22.7 Å². The van der Waals surface area contributed by atoms with E-state index in [1.54, 1.807) is 23.2 Å². The third-order valence-electron chi connectivity index (χ3n) is 5.24. The number of hydrogen-bond acceptors (Lipinski definition) is 6. The van der Waals surface area contributed by atoms with Gasteiger partial charge in [0.25, 0.3) is 5.91 Å². The fourth-order valence-electron chi connectivity index (χ4n) is 3.36. The maximum atomic E-state index is 13.2. The summed E-state index contributed by atoms with van der Waals surface area (Å²) in [6.45, 7) is 4.06. The molecule has 1 amide bonds. The van der Waals surface area contributed by atoms with Crippen LogP contribution in [-0.4, -0.2) is 39.1 Å². The van der Waals surface area contributed by atoms with Gasteiger partial charge >= 0.3 is 0 Å². The fraction of sp³-hybridized carbons (Fsp3) is 0.200. The van der Waals surface area contributed by atoms with Gasteiger partial charge in [-0.15, -0.1) is 10.2 Å². The number of amides is 1. The van der Waals surface area contributed by atoms with Gasteiger partial charge < -0.3 is 14.2 Å². The third-order valence-corrected chi connectivity index (χ3v) is 5.57. The quantitative estimate of drug-likeness (QED) is 0.356. The number of hydrogen-bond donors (Lipinski definition) is 0. The summed E-state index contributed by atoms with van der Waals surface area (Å²) in [4.78, 5) is 21.4. The summed E-state index contributed by atoms with van der Waals surface area (Å²) in [5, 5.41) is 8.73. The normalized spacial score (nSPS) is 10.9. The van der Waals surface area contributed by atoms with E-state index < -0.39 is 0 Å². The molecule has 0 aliphatic carbocycles. The molecule has 7 nitrogen and oxygen atoms in total. The molecule has 168 valence electrons. The van der Waals surface area contributed by atoms with E-state index in [1.807, 2.05) is 80.4 Å². The highest BCUT2D eigenvalue weighted by Crippen LogP contribution is 2.27. The van der Waals surface area contributed by atoms with Gasteiger partial charge in [-0.05, 0) is 50.2 Å². The zero-order chi connectivity index (χ0) is 23.4. The van der Waals surface area contributed by atoms with Gasteiger partial charge in [0.2, 0.25) is 11.8 Å². The van der Waals surface area contributed by atoms with Crippen LogP contribution in [0, 0.1) is 0 Å². The van der Waals surface area contributed by atoms with Crippen molar-refractivity contribution in [1.82, 2.24) is 20.1 Å². The predicted molar refractivity (Wildman–Crippen MR) is 128 cm³/mol. The number of carbonyl (C=O) groups excluding carboxylic acids is 1. The molecule has 4 aromatic rings. The lowest BCUT2D eigenvalue weighted by molar-refractivity contribution is 0.0672. The van der Waals surface area contributed by atoms with Crippen LogP contribution in [0.15, 0.2) is 77.3 Å². The molecule has 2 aromatic heterocycles. The van der Waals surface area contributed by atoms with Gasteiger partial charge in [-0.2, -0.15) is 0 Å². The highest BCUT2D eigenvalue weighted by molar-refractivity contribution is 6.33. The Morgan fingerprint density at radius 2 is 1.73 bits per heavy atom. The molecular weight excluding hydrogens is 438 g/mol. The van der Waals surface area contributed by atoms with Crippen molar-refractivity contribution in [2.45, 2.75) is 26.4 Å². The monoisotopic (exact) mass is 461 g/mol. The van der Waals surface area contributed by atoms with Crippen LogP contribution in [-0.2, 0) is 6.54 Å². The second-order valence-electron chi connectivity index (χ2n) is 7.81. The molecule has 0 radical (unpaired) electrons. The minimum absolute atomic E-state index is 0.0835. The van der Waals surface area contributed by atoms with Crippen molar-refractivity contribution < 1.29 is 9.21 Å². The number of anilines is 2. The van der Waals surface area contributed by atoms with Gasteiger partial charge in [-0.3, -0.25) is 4.79 Å². The Hall–Kier alpha value is -3.71. The number of halogens is 1.